The average molecular weight is 451 g/mol. The fourth-order valence-corrected chi connectivity index (χ4v) is 5.77. The number of hydrogen-bond acceptors (Lipinski definition) is 3. The van der Waals surface area contributed by atoms with Gasteiger partial charge in [-0.1, -0.05) is 62.3 Å². The second-order valence-corrected chi connectivity index (χ2v) is 9.74. The highest BCUT2D eigenvalue weighted by atomic mass is 35.5. The third-order valence-electron chi connectivity index (χ3n) is 7.18. The minimum Gasteiger partial charge on any atom is -0.352 e. The van der Waals surface area contributed by atoms with Gasteiger partial charge in [-0.2, -0.15) is 0 Å². The fourth-order valence-electron chi connectivity index (χ4n) is 5.60. The van der Waals surface area contributed by atoms with Crippen LogP contribution in [0.2, 0.25) is 5.15 Å². The Hall–Kier alpha value is -2.40. The molecule has 168 valence electrons. The number of rotatable bonds is 5. The van der Waals surface area contributed by atoms with Crippen molar-refractivity contribution in [2.45, 2.75) is 76.3 Å². The third kappa shape index (κ3) is 4.40. The maximum atomic E-state index is 13.9. The van der Waals surface area contributed by atoms with E-state index in [1.165, 1.54) is 38.5 Å². The molecule has 3 aromatic rings. The van der Waals surface area contributed by atoms with Crippen LogP contribution in [0.3, 0.4) is 0 Å². The van der Waals surface area contributed by atoms with Crippen LogP contribution < -0.4 is 5.32 Å². The number of imidazole rings is 1. The molecule has 1 unspecified atom stereocenters. The molecule has 6 heteroatoms. The summed E-state index contributed by atoms with van der Waals surface area (Å²) in [5.41, 5.74) is 2.80. The number of aromatic nitrogens is 3. The maximum Gasteiger partial charge on any atom is 0.243 e. The number of halogens is 1. The summed E-state index contributed by atoms with van der Waals surface area (Å²) < 4.78 is 2.19. The summed E-state index contributed by atoms with van der Waals surface area (Å²) in [6.45, 7) is 0. The van der Waals surface area contributed by atoms with Gasteiger partial charge in [-0.15, -0.1) is 0 Å². The van der Waals surface area contributed by atoms with Gasteiger partial charge in [0.25, 0.3) is 0 Å². The number of nitrogens with zero attached hydrogens (tertiary/aromatic N) is 3. The Labute approximate surface area is 194 Å². The molecule has 1 atom stereocenters. The van der Waals surface area contributed by atoms with E-state index in [2.05, 4.69) is 20.9 Å². The molecule has 0 radical (unpaired) electrons. The molecule has 1 amide bonds. The Bertz CT molecular complexity index is 1080. The Morgan fingerprint density at radius 3 is 2.47 bits per heavy atom. The molecule has 5 nitrogen and oxygen atoms in total. The summed E-state index contributed by atoms with van der Waals surface area (Å²) in [6.07, 6.45) is 13.3. The highest BCUT2D eigenvalue weighted by Crippen LogP contribution is 2.38. The van der Waals surface area contributed by atoms with Gasteiger partial charge in [0.05, 0.1) is 11.0 Å². The van der Waals surface area contributed by atoms with E-state index in [0.717, 1.165) is 48.1 Å². The van der Waals surface area contributed by atoms with Crippen LogP contribution in [0, 0.1) is 5.92 Å². The van der Waals surface area contributed by atoms with Crippen molar-refractivity contribution in [3.63, 3.8) is 0 Å². The molecule has 0 aliphatic heterocycles. The van der Waals surface area contributed by atoms with E-state index in [0.29, 0.717) is 11.1 Å². The SMILES string of the molecule is O=C(NC1CCCCC1)C(C1CCCCC1)n1c(-c2ccnc(Cl)c2)nc2ccccc21. The first-order valence-electron chi connectivity index (χ1n) is 12.1. The molecule has 1 aromatic carbocycles. The van der Waals surface area contributed by atoms with E-state index in [-0.39, 0.29) is 18.0 Å². The number of carbonyl (C=O) groups excluding carboxylic acids is 1. The maximum absolute atomic E-state index is 13.9. The van der Waals surface area contributed by atoms with Gasteiger partial charge in [-0.25, -0.2) is 9.97 Å². The number of nitrogens with one attached hydrogen (secondary N) is 1. The predicted octanol–water partition coefficient (Wildman–Crippen LogP) is 6.32. The second-order valence-electron chi connectivity index (χ2n) is 9.35. The van der Waals surface area contributed by atoms with Crippen LogP contribution in [-0.4, -0.2) is 26.5 Å². The number of benzene rings is 1. The zero-order chi connectivity index (χ0) is 21.9. The van der Waals surface area contributed by atoms with E-state index in [4.69, 9.17) is 16.6 Å². The van der Waals surface area contributed by atoms with E-state index >= 15 is 0 Å². The number of amides is 1. The number of fused-ring (bicyclic) bond motifs is 1. The first kappa shape index (κ1) is 21.4. The lowest BCUT2D eigenvalue weighted by atomic mass is 9.82. The highest BCUT2D eigenvalue weighted by molar-refractivity contribution is 6.29. The summed E-state index contributed by atoms with van der Waals surface area (Å²) in [4.78, 5) is 23.0. The first-order chi connectivity index (χ1) is 15.7. The van der Waals surface area contributed by atoms with Crippen LogP contribution in [0.5, 0.6) is 0 Å². The minimum atomic E-state index is -0.272. The van der Waals surface area contributed by atoms with Crippen LogP contribution in [0.25, 0.3) is 22.4 Å². The minimum absolute atomic E-state index is 0.147. The number of para-hydroxylation sites is 2. The number of hydrogen-bond donors (Lipinski definition) is 1. The van der Waals surface area contributed by atoms with E-state index in [9.17, 15) is 4.79 Å². The fraction of sp³-hybridized carbons (Fsp3) is 0.500. The zero-order valence-corrected chi connectivity index (χ0v) is 19.2. The Kier molecular flexibility index (Phi) is 6.44. The monoisotopic (exact) mass is 450 g/mol. The van der Waals surface area contributed by atoms with Gasteiger partial charge in [0.1, 0.15) is 17.0 Å². The molecule has 0 spiro atoms. The normalized spacial score (nSPS) is 19.2. The van der Waals surface area contributed by atoms with Crippen molar-refractivity contribution in [3.8, 4) is 11.4 Å². The van der Waals surface area contributed by atoms with Crippen LogP contribution in [0.1, 0.15) is 70.3 Å². The van der Waals surface area contributed by atoms with Crippen molar-refractivity contribution in [2.75, 3.05) is 0 Å². The molecule has 2 fully saturated rings. The van der Waals surface area contributed by atoms with Crippen LogP contribution >= 0.6 is 11.6 Å². The number of pyridine rings is 1. The summed E-state index contributed by atoms with van der Waals surface area (Å²) in [7, 11) is 0. The van der Waals surface area contributed by atoms with E-state index < -0.39 is 0 Å². The summed E-state index contributed by atoms with van der Waals surface area (Å²) >= 11 is 6.24. The molecule has 5 rings (SSSR count). The molecule has 2 heterocycles. The largest absolute Gasteiger partial charge is 0.352 e. The molecule has 2 aliphatic rings. The molecule has 2 aromatic heterocycles. The van der Waals surface area contributed by atoms with Crippen LogP contribution in [-0.2, 0) is 4.79 Å². The van der Waals surface area contributed by atoms with Crippen LogP contribution in [0.4, 0.5) is 0 Å². The Balaban J connectivity index is 1.61. The molecule has 1 N–H and O–H groups in total. The molecule has 2 aliphatic carbocycles. The van der Waals surface area contributed by atoms with Crippen molar-refractivity contribution in [2.24, 2.45) is 5.92 Å². The van der Waals surface area contributed by atoms with Crippen molar-refractivity contribution >= 4 is 28.5 Å². The summed E-state index contributed by atoms with van der Waals surface area (Å²) in [6, 6.07) is 11.9. The molecule has 2 saturated carbocycles. The molecule has 0 bridgehead atoms. The van der Waals surface area contributed by atoms with Gasteiger partial charge in [0, 0.05) is 17.8 Å². The second kappa shape index (κ2) is 9.62. The predicted molar refractivity (Wildman–Crippen MR) is 129 cm³/mol. The lowest BCUT2D eigenvalue weighted by molar-refractivity contribution is -0.127. The van der Waals surface area contributed by atoms with E-state index in [1.54, 1.807) is 6.20 Å². The summed E-state index contributed by atoms with van der Waals surface area (Å²) in [5.74, 6) is 1.25. The quantitative estimate of drug-likeness (QED) is 0.462. The van der Waals surface area contributed by atoms with Gasteiger partial charge >= 0.3 is 0 Å². The van der Waals surface area contributed by atoms with Crippen molar-refractivity contribution in [1.82, 2.24) is 19.9 Å². The Morgan fingerprint density at radius 2 is 1.72 bits per heavy atom. The van der Waals surface area contributed by atoms with Crippen LogP contribution in [0.15, 0.2) is 42.6 Å². The summed E-state index contributed by atoms with van der Waals surface area (Å²) in [5, 5.41) is 3.87. The molecular formula is C26H31ClN4O. The van der Waals surface area contributed by atoms with Crippen molar-refractivity contribution < 1.29 is 4.79 Å². The Morgan fingerprint density at radius 1 is 1.00 bits per heavy atom. The smallest absolute Gasteiger partial charge is 0.243 e. The molecule has 32 heavy (non-hydrogen) atoms. The van der Waals surface area contributed by atoms with Gasteiger partial charge < -0.3 is 9.88 Å². The van der Waals surface area contributed by atoms with Crippen molar-refractivity contribution in [1.29, 1.82) is 0 Å². The standard InChI is InChI=1S/C26H31ClN4O/c27-23-17-19(15-16-28-23)25-30-21-13-7-8-14-22(21)31(25)24(18-9-3-1-4-10-18)26(32)29-20-11-5-2-6-12-20/h7-8,13-18,20,24H,1-6,9-12H2,(H,29,32). The van der Waals surface area contributed by atoms with Gasteiger partial charge in [0.15, 0.2) is 0 Å². The van der Waals surface area contributed by atoms with Crippen molar-refractivity contribution in [3.05, 3.63) is 47.7 Å². The van der Waals surface area contributed by atoms with E-state index in [1.807, 2.05) is 30.3 Å². The lowest BCUT2D eigenvalue weighted by Gasteiger charge is -2.33. The number of carbonyl (C=O) groups is 1. The van der Waals surface area contributed by atoms with Gasteiger partial charge in [-0.05, 0) is 55.9 Å². The third-order valence-corrected chi connectivity index (χ3v) is 7.38. The first-order valence-corrected chi connectivity index (χ1v) is 12.5. The molecular weight excluding hydrogens is 420 g/mol. The molecule has 0 saturated heterocycles. The lowest BCUT2D eigenvalue weighted by Crippen LogP contribution is -2.43. The topological polar surface area (TPSA) is 59.8 Å². The average Bonchev–Trinajstić information content (AvgIpc) is 3.20. The zero-order valence-electron chi connectivity index (χ0n) is 18.5. The van der Waals surface area contributed by atoms with Gasteiger partial charge in [-0.3, -0.25) is 4.79 Å². The van der Waals surface area contributed by atoms with Gasteiger partial charge in [0.2, 0.25) is 5.91 Å². The highest BCUT2D eigenvalue weighted by Gasteiger charge is 2.35.